The highest BCUT2D eigenvalue weighted by molar-refractivity contribution is 7.11. The Hall–Kier alpha value is -1.01. The van der Waals surface area contributed by atoms with Crippen LogP contribution in [0.15, 0.2) is 0 Å². The number of ether oxygens (including phenoxy) is 1. The van der Waals surface area contributed by atoms with Crippen molar-refractivity contribution in [2.45, 2.75) is 12.8 Å². The monoisotopic (exact) mass is 243 g/mol. The van der Waals surface area contributed by atoms with Crippen molar-refractivity contribution in [3.05, 3.63) is 0 Å². The molecule has 0 aliphatic carbocycles. The number of methoxy groups -OCH3 is 1. The van der Waals surface area contributed by atoms with Crippen molar-refractivity contribution in [1.82, 2.24) is 4.37 Å². The van der Waals surface area contributed by atoms with Gasteiger partial charge in [0.15, 0.2) is 16.6 Å². The number of nitrogens with two attached hydrogens (primary N) is 1. The van der Waals surface area contributed by atoms with E-state index >= 15 is 0 Å². The number of hydrogen-bond donors (Lipinski definition) is 2. The maximum absolute atomic E-state index is 9.19. The molecule has 0 spiro atoms. The predicted molar refractivity (Wildman–Crippen MR) is 65.1 cm³/mol. The minimum Gasteiger partial charge on any atom is -0.490 e. The Balaban J connectivity index is 2.16. The topological polar surface area (TPSA) is 71.6 Å². The van der Waals surface area contributed by atoms with Crippen LogP contribution in [0, 0.1) is 5.92 Å². The highest BCUT2D eigenvalue weighted by Gasteiger charge is 2.24. The first-order chi connectivity index (χ1) is 7.76. The Morgan fingerprint density at radius 3 is 3.19 bits per heavy atom. The molecule has 1 saturated heterocycles. The lowest BCUT2D eigenvalue weighted by atomic mass is 9.99. The van der Waals surface area contributed by atoms with Gasteiger partial charge in [-0.3, -0.25) is 0 Å². The number of aliphatic hydroxyl groups is 1. The van der Waals surface area contributed by atoms with Crippen molar-refractivity contribution >= 4 is 22.4 Å². The van der Waals surface area contributed by atoms with Crippen LogP contribution < -0.4 is 15.4 Å². The van der Waals surface area contributed by atoms with Gasteiger partial charge in [0.25, 0.3) is 0 Å². The summed E-state index contributed by atoms with van der Waals surface area (Å²) < 4.78 is 9.36. The fraction of sp³-hybridized carbons (Fsp3) is 0.700. The molecule has 1 unspecified atom stereocenters. The van der Waals surface area contributed by atoms with Gasteiger partial charge in [-0.15, -0.1) is 0 Å². The van der Waals surface area contributed by atoms with Crippen LogP contribution in [0.3, 0.4) is 0 Å². The van der Waals surface area contributed by atoms with Gasteiger partial charge < -0.3 is 20.5 Å². The second kappa shape index (κ2) is 4.88. The average molecular weight is 243 g/mol. The molecular formula is C10H17N3O2S. The van der Waals surface area contributed by atoms with Gasteiger partial charge in [-0.1, -0.05) is 0 Å². The molecule has 2 rings (SSSR count). The number of rotatable bonds is 3. The highest BCUT2D eigenvalue weighted by Crippen LogP contribution is 2.39. The second-order valence-corrected chi connectivity index (χ2v) is 4.79. The normalized spacial score (nSPS) is 21.1. The molecule has 0 aromatic carbocycles. The van der Waals surface area contributed by atoms with Gasteiger partial charge in [-0.05, 0) is 30.3 Å². The molecular weight excluding hydrogens is 226 g/mol. The van der Waals surface area contributed by atoms with E-state index in [9.17, 15) is 5.11 Å². The first-order valence-electron chi connectivity index (χ1n) is 5.41. The van der Waals surface area contributed by atoms with E-state index in [1.54, 1.807) is 7.11 Å². The van der Waals surface area contributed by atoms with Crippen LogP contribution >= 0.6 is 11.5 Å². The summed E-state index contributed by atoms with van der Waals surface area (Å²) in [5, 5.41) is 10.2. The van der Waals surface area contributed by atoms with Gasteiger partial charge in [0.05, 0.1) is 7.11 Å². The molecule has 1 aliphatic rings. The lowest BCUT2D eigenvalue weighted by Crippen LogP contribution is -2.36. The Morgan fingerprint density at radius 1 is 1.69 bits per heavy atom. The summed E-state index contributed by atoms with van der Waals surface area (Å²) in [7, 11) is 1.61. The van der Waals surface area contributed by atoms with Crippen LogP contribution in [0.4, 0.5) is 10.8 Å². The molecule has 0 bridgehead atoms. The largest absolute Gasteiger partial charge is 0.490 e. The van der Waals surface area contributed by atoms with Crippen LogP contribution in [0.1, 0.15) is 12.8 Å². The molecule has 5 nitrogen and oxygen atoms in total. The van der Waals surface area contributed by atoms with Crippen LogP contribution in [-0.2, 0) is 0 Å². The minimum atomic E-state index is 0.243. The molecule has 1 fully saturated rings. The van der Waals surface area contributed by atoms with Crippen molar-refractivity contribution in [2.24, 2.45) is 5.92 Å². The number of hydrogen-bond acceptors (Lipinski definition) is 6. The quantitative estimate of drug-likeness (QED) is 0.826. The minimum absolute atomic E-state index is 0.243. The van der Waals surface area contributed by atoms with Gasteiger partial charge in [0, 0.05) is 19.7 Å². The molecule has 16 heavy (non-hydrogen) atoms. The first kappa shape index (κ1) is 11.5. The molecule has 2 heterocycles. The van der Waals surface area contributed by atoms with Crippen LogP contribution in [0.2, 0.25) is 0 Å². The summed E-state index contributed by atoms with van der Waals surface area (Å²) in [6, 6.07) is 0. The molecule has 90 valence electrons. The average Bonchev–Trinajstić information content (AvgIpc) is 2.70. The SMILES string of the molecule is COc1c(N)nsc1N1CCCC(CO)C1. The molecule has 1 atom stereocenters. The number of aliphatic hydroxyl groups excluding tert-OH is 1. The van der Waals surface area contributed by atoms with Gasteiger partial charge in [0.1, 0.15) is 0 Å². The summed E-state index contributed by atoms with van der Waals surface area (Å²) in [5.74, 6) is 1.47. The zero-order chi connectivity index (χ0) is 11.5. The summed E-state index contributed by atoms with van der Waals surface area (Å²) in [5.41, 5.74) is 5.72. The van der Waals surface area contributed by atoms with Gasteiger partial charge in [0.2, 0.25) is 0 Å². The van der Waals surface area contributed by atoms with Crippen molar-refractivity contribution in [3.63, 3.8) is 0 Å². The smallest absolute Gasteiger partial charge is 0.197 e. The Kier molecular flexibility index (Phi) is 3.50. The summed E-state index contributed by atoms with van der Waals surface area (Å²) >= 11 is 1.36. The zero-order valence-electron chi connectivity index (χ0n) is 9.35. The Labute approximate surface area is 99.0 Å². The zero-order valence-corrected chi connectivity index (χ0v) is 10.2. The van der Waals surface area contributed by atoms with Crippen molar-refractivity contribution < 1.29 is 9.84 Å². The summed E-state index contributed by atoms with van der Waals surface area (Å²) in [6.07, 6.45) is 2.18. The molecule has 0 amide bonds. The third-order valence-corrected chi connectivity index (χ3v) is 3.83. The molecule has 0 radical (unpaired) electrons. The van der Waals surface area contributed by atoms with E-state index in [4.69, 9.17) is 10.5 Å². The lowest BCUT2D eigenvalue weighted by molar-refractivity contribution is 0.208. The van der Waals surface area contributed by atoms with Crippen LogP contribution in [-0.4, -0.2) is 36.3 Å². The summed E-state index contributed by atoms with van der Waals surface area (Å²) in [6.45, 7) is 2.08. The summed E-state index contributed by atoms with van der Waals surface area (Å²) in [4.78, 5) is 2.21. The molecule has 1 aromatic heterocycles. The number of piperidine rings is 1. The van der Waals surface area contributed by atoms with Crippen molar-refractivity contribution in [2.75, 3.05) is 37.4 Å². The van der Waals surface area contributed by atoms with Crippen LogP contribution in [0.5, 0.6) is 5.75 Å². The van der Waals surface area contributed by atoms with E-state index in [0.29, 0.717) is 17.5 Å². The first-order valence-corrected chi connectivity index (χ1v) is 6.18. The third-order valence-electron chi connectivity index (χ3n) is 2.93. The van der Waals surface area contributed by atoms with Gasteiger partial charge >= 0.3 is 0 Å². The van der Waals surface area contributed by atoms with Gasteiger partial charge in [-0.25, -0.2) is 0 Å². The highest BCUT2D eigenvalue weighted by atomic mass is 32.1. The lowest BCUT2D eigenvalue weighted by Gasteiger charge is -2.32. The van der Waals surface area contributed by atoms with Crippen LogP contribution in [0.25, 0.3) is 0 Å². The van der Waals surface area contributed by atoms with E-state index in [1.165, 1.54) is 11.5 Å². The molecule has 1 aliphatic heterocycles. The Morgan fingerprint density at radius 2 is 2.50 bits per heavy atom. The maximum Gasteiger partial charge on any atom is 0.197 e. The number of nitrogen functional groups attached to an aromatic ring is 1. The second-order valence-electron chi connectivity index (χ2n) is 4.04. The van der Waals surface area contributed by atoms with E-state index in [0.717, 1.165) is 30.9 Å². The molecule has 3 N–H and O–H groups in total. The van der Waals surface area contributed by atoms with E-state index in [2.05, 4.69) is 9.27 Å². The number of aromatic nitrogens is 1. The maximum atomic E-state index is 9.19. The van der Waals surface area contributed by atoms with E-state index in [-0.39, 0.29) is 6.61 Å². The standard InChI is InChI=1S/C10H17N3O2S/c1-15-8-9(11)12-16-10(8)13-4-2-3-7(5-13)6-14/h7,14H,2-6H2,1H3,(H2,11,12). The van der Waals surface area contributed by atoms with Crippen molar-refractivity contribution in [1.29, 1.82) is 0 Å². The van der Waals surface area contributed by atoms with E-state index in [1.807, 2.05) is 0 Å². The van der Waals surface area contributed by atoms with E-state index < -0.39 is 0 Å². The predicted octanol–water partition coefficient (Wildman–Crippen LogP) is 0.943. The Bertz CT molecular complexity index is 356. The van der Waals surface area contributed by atoms with Crippen molar-refractivity contribution in [3.8, 4) is 5.75 Å². The fourth-order valence-corrected chi connectivity index (χ4v) is 2.90. The third kappa shape index (κ3) is 2.08. The fourth-order valence-electron chi connectivity index (χ4n) is 2.08. The number of anilines is 2. The van der Waals surface area contributed by atoms with Gasteiger partial charge in [-0.2, -0.15) is 4.37 Å². The molecule has 0 saturated carbocycles. The number of nitrogens with zero attached hydrogens (tertiary/aromatic N) is 2. The molecule has 6 heteroatoms. The molecule has 1 aromatic rings.